The quantitative estimate of drug-likeness (QED) is 0.300. The van der Waals surface area contributed by atoms with Gasteiger partial charge in [-0.1, -0.05) is 88.6 Å². The summed E-state index contributed by atoms with van der Waals surface area (Å²) in [4.78, 5) is 26.1. The van der Waals surface area contributed by atoms with Crippen molar-refractivity contribution in [3.05, 3.63) is 99.0 Å². The van der Waals surface area contributed by atoms with Gasteiger partial charge in [0, 0.05) is 22.0 Å². The number of halogens is 3. The first-order valence-corrected chi connectivity index (χ1v) is 12.0. The molecule has 0 saturated carbocycles. The molecule has 0 radical (unpaired) electrons. The van der Waals surface area contributed by atoms with Crippen LogP contribution in [0.5, 0.6) is 0 Å². The molecule has 0 saturated heterocycles. The summed E-state index contributed by atoms with van der Waals surface area (Å²) in [5, 5.41) is 15.9. The maximum atomic E-state index is 13.2. The van der Waals surface area contributed by atoms with Crippen LogP contribution in [0, 0.1) is 0 Å². The molecular weight excluding hydrogens is 515 g/mol. The van der Waals surface area contributed by atoms with Crippen LogP contribution in [0.15, 0.2) is 72.8 Å². The first-order valence-electron chi connectivity index (χ1n) is 10.1. The van der Waals surface area contributed by atoms with E-state index in [-0.39, 0.29) is 17.0 Å². The molecule has 3 aromatic carbocycles. The van der Waals surface area contributed by atoms with Crippen LogP contribution >= 0.6 is 46.1 Å². The smallest absolute Gasteiger partial charge is 0.253 e. The van der Waals surface area contributed by atoms with Crippen molar-refractivity contribution >= 4 is 63.1 Å². The molecule has 0 fully saturated rings. The standard InChI is InChI=1S/C24H17Cl3N4O2S/c25-16-8-6-15(7-9-16)23-30-31-24(34-23)29-22(33)20(12-14-4-2-1-3-5-14)28-21(32)18-11-10-17(26)13-19(18)27/h1-11,13,20H,12H2,(H,28,32)(H,29,31,33). The number of carbonyl (C=O) groups excluding carboxylic acids is 2. The van der Waals surface area contributed by atoms with Crippen LogP contribution in [0.25, 0.3) is 10.6 Å². The highest BCUT2D eigenvalue weighted by Crippen LogP contribution is 2.27. The molecule has 1 aromatic heterocycles. The Morgan fingerprint density at radius 3 is 2.29 bits per heavy atom. The van der Waals surface area contributed by atoms with Crippen molar-refractivity contribution in [2.45, 2.75) is 12.5 Å². The molecule has 2 amide bonds. The van der Waals surface area contributed by atoms with Crippen molar-refractivity contribution in [3.63, 3.8) is 0 Å². The van der Waals surface area contributed by atoms with Gasteiger partial charge in [0.2, 0.25) is 11.0 Å². The molecular formula is C24H17Cl3N4O2S. The van der Waals surface area contributed by atoms with Crippen molar-refractivity contribution in [1.29, 1.82) is 0 Å². The predicted molar refractivity (Wildman–Crippen MR) is 137 cm³/mol. The van der Waals surface area contributed by atoms with Gasteiger partial charge in [0.15, 0.2) is 0 Å². The van der Waals surface area contributed by atoms with E-state index in [1.165, 1.54) is 23.5 Å². The minimum atomic E-state index is -0.885. The number of hydrogen-bond donors (Lipinski definition) is 2. The van der Waals surface area contributed by atoms with Gasteiger partial charge in [0.25, 0.3) is 5.91 Å². The van der Waals surface area contributed by atoms with Crippen molar-refractivity contribution < 1.29 is 9.59 Å². The van der Waals surface area contributed by atoms with Crippen molar-refractivity contribution in [2.24, 2.45) is 0 Å². The van der Waals surface area contributed by atoms with Crippen LogP contribution in [0.2, 0.25) is 15.1 Å². The van der Waals surface area contributed by atoms with Gasteiger partial charge in [0.1, 0.15) is 11.0 Å². The lowest BCUT2D eigenvalue weighted by molar-refractivity contribution is -0.118. The molecule has 10 heteroatoms. The van der Waals surface area contributed by atoms with E-state index < -0.39 is 17.9 Å². The fraction of sp³-hybridized carbons (Fsp3) is 0.0833. The van der Waals surface area contributed by atoms with E-state index in [4.69, 9.17) is 34.8 Å². The summed E-state index contributed by atoms with van der Waals surface area (Å²) in [7, 11) is 0. The number of amides is 2. The largest absolute Gasteiger partial charge is 0.340 e. The molecule has 2 N–H and O–H groups in total. The molecule has 1 atom stereocenters. The molecule has 0 aliphatic heterocycles. The van der Waals surface area contributed by atoms with Gasteiger partial charge in [-0.05, 0) is 35.9 Å². The second kappa shape index (κ2) is 11.0. The lowest BCUT2D eigenvalue weighted by Gasteiger charge is -2.18. The number of benzene rings is 3. The maximum Gasteiger partial charge on any atom is 0.253 e. The zero-order chi connectivity index (χ0) is 24.1. The highest BCUT2D eigenvalue weighted by molar-refractivity contribution is 7.18. The highest BCUT2D eigenvalue weighted by Gasteiger charge is 2.24. The Morgan fingerprint density at radius 2 is 1.59 bits per heavy atom. The Hall–Kier alpha value is -2.97. The Bertz CT molecular complexity index is 1310. The maximum absolute atomic E-state index is 13.2. The van der Waals surface area contributed by atoms with Crippen molar-refractivity contribution in [3.8, 4) is 10.6 Å². The minimum Gasteiger partial charge on any atom is -0.340 e. The van der Waals surface area contributed by atoms with Gasteiger partial charge in [-0.15, -0.1) is 10.2 Å². The van der Waals surface area contributed by atoms with E-state index in [1.54, 1.807) is 18.2 Å². The molecule has 0 spiro atoms. The summed E-state index contributed by atoms with van der Waals surface area (Å²) in [6.07, 6.45) is 0.270. The molecule has 1 heterocycles. The summed E-state index contributed by atoms with van der Waals surface area (Å²) in [6, 6.07) is 20.2. The van der Waals surface area contributed by atoms with E-state index in [0.29, 0.717) is 20.2 Å². The number of nitrogens with one attached hydrogen (secondary N) is 2. The SMILES string of the molecule is O=C(NC(Cc1ccccc1)C(=O)Nc1nnc(-c2ccc(Cl)cc2)s1)c1ccc(Cl)cc1Cl. The highest BCUT2D eigenvalue weighted by atomic mass is 35.5. The summed E-state index contributed by atoms with van der Waals surface area (Å²) >= 11 is 19.3. The molecule has 0 bridgehead atoms. The Morgan fingerprint density at radius 1 is 0.882 bits per heavy atom. The van der Waals surface area contributed by atoms with Gasteiger partial charge < -0.3 is 5.32 Å². The molecule has 6 nitrogen and oxygen atoms in total. The first kappa shape index (κ1) is 24.2. The molecule has 172 valence electrons. The van der Waals surface area contributed by atoms with Crippen molar-refractivity contribution in [1.82, 2.24) is 15.5 Å². The van der Waals surface area contributed by atoms with Crippen LogP contribution < -0.4 is 10.6 Å². The molecule has 0 aliphatic rings. The van der Waals surface area contributed by atoms with Gasteiger partial charge in [-0.2, -0.15) is 0 Å². The zero-order valence-corrected chi connectivity index (χ0v) is 20.6. The number of anilines is 1. The molecule has 4 aromatic rings. The number of aromatic nitrogens is 2. The Kier molecular flexibility index (Phi) is 7.80. The Balaban J connectivity index is 1.53. The average Bonchev–Trinajstić information content (AvgIpc) is 3.28. The fourth-order valence-electron chi connectivity index (χ4n) is 3.14. The number of nitrogens with zero attached hydrogens (tertiary/aromatic N) is 2. The third-order valence-corrected chi connectivity index (χ3v) is 6.51. The topological polar surface area (TPSA) is 84.0 Å². The van der Waals surface area contributed by atoms with Crippen LogP contribution in [0.1, 0.15) is 15.9 Å². The van der Waals surface area contributed by atoms with Crippen molar-refractivity contribution in [2.75, 3.05) is 5.32 Å². The van der Waals surface area contributed by atoms with Crippen LogP contribution in [0.3, 0.4) is 0 Å². The lowest BCUT2D eigenvalue weighted by Crippen LogP contribution is -2.45. The second-order valence-corrected chi connectivity index (χ2v) is 9.51. The Labute approximate surface area is 214 Å². The van der Waals surface area contributed by atoms with Gasteiger partial charge in [-0.3, -0.25) is 14.9 Å². The first-order chi connectivity index (χ1) is 16.4. The van der Waals surface area contributed by atoms with E-state index >= 15 is 0 Å². The fourth-order valence-corrected chi connectivity index (χ4v) is 4.52. The molecule has 1 unspecified atom stereocenters. The summed E-state index contributed by atoms with van der Waals surface area (Å²) in [5.74, 6) is -0.919. The van der Waals surface area contributed by atoms with E-state index in [9.17, 15) is 9.59 Å². The summed E-state index contributed by atoms with van der Waals surface area (Å²) in [6.45, 7) is 0. The van der Waals surface area contributed by atoms with Crippen LogP contribution in [-0.2, 0) is 11.2 Å². The van der Waals surface area contributed by atoms with E-state index in [0.717, 1.165) is 11.1 Å². The lowest BCUT2D eigenvalue weighted by atomic mass is 10.0. The summed E-state index contributed by atoms with van der Waals surface area (Å²) in [5.41, 5.74) is 1.93. The third kappa shape index (κ3) is 6.12. The van der Waals surface area contributed by atoms with E-state index in [1.807, 2.05) is 42.5 Å². The predicted octanol–water partition coefficient (Wildman–Crippen LogP) is 6.15. The molecule has 34 heavy (non-hydrogen) atoms. The summed E-state index contributed by atoms with van der Waals surface area (Å²) < 4.78 is 0. The molecule has 0 aliphatic carbocycles. The molecule has 4 rings (SSSR count). The van der Waals surface area contributed by atoms with Gasteiger partial charge in [0.05, 0.1) is 10.6 Å². The number of rotatable bonds is 7. The second-order valence-electron chi connectivity index (χ2n) is 7.25. The normalized spacial score (nSPS) is 11.6. The van der Waals surface area contributed by atoms with Crippen LogP contribution in [-0.4, -0.2) is 28.1 Å². The van der Waals surface area contributed by atoms with Gasteiger partial charge in [-0.25, -0.2) is 0 Å². The minimum absolute atomic E-state index is 0.195. The number of carbonyl (C=O) groups is 2. The average molecular weight is 532 g/mol. The number of hydrogen-bond acceptors (Lipinski definition) is 5. The van der Waals surface area contributed by atoms with Crippen LogP contribution in [0.4, 0.5) is 5.13 Å². The zero-order valence-electron chi connectivity index (χ0n) is 17.5. The van der Waals surface area contributed by atoms with E-state index in [2.05, 4.69) is 20.8 Å². The van der Waals surface area contributed by atoms with Gasteiger partial charge >= 0.3 is 0 Å². The monoisotopic (exact) mass is 530 g/mol. The third-order valence-electron chi connectivity index (χ3n) is 4.83.